The highest BCUT2D eigenvalue weighted by molar-refractivity contribution is 6.30. The minimum absolute atomic E-state index is 0. The van der Waals surface area contributed by atoms with Gasteiger partial charge in [-0.15, -0.1) is 12.4 Å². The van der Waals surface area contributed by atoms with Crippen molar-refractivity contribution in [1.82, 2.24) is 5.32 Å². The summed E-state index contributed by atoms with van der Waals surface area (Å²) in [5.74, 6) is -0.179. The topological polar surface area (TPSA) is 64.3 Å². The summed E-state index contributed by atoms with van der Waals surface area (Å²) in [4.78, 5) is 12.0. The van der Waals surface area contributed by atoms with Gasteiger partial charge in [0.2, 0.25) is 5.91 Å². The smallest absolute Gasteiger partial charge is 0.237 e. The molecule has 0 spiro atoms. The SMILES string of the molecule is COC(CNC(=O)[C@@H](N)C(C)(C)C)c1cccc(Cl)c1.Cl. The summed E-state index contributed by atoms with van der Waals surface area (Å²) in [6.07, 6.45) is -0.246. The van der Waals surface area contributed by atoms with Gasteiger partial charge in [0.1, 0.15) is 0 Å². The third kappa shape index (κ3) is 6.22. The molecule has 21 heavy (non-hydrogen) atoms. The number of nitrogens with two attached hydrogens (primary N) is 1. The van der Waals surface area contributed by atoms with Crippen LogP contribution in [0.5, 0.6) is 0 Å². The number of hydrogen-bond acceptors (Lipinski definition) is 3. The Kier molecular flexibility index (Phi) is 8.26. The molecule has 4 nitrogen and oxygen atoms in total. The third-order valence-corrected chi connectivity index (χ3v) is 3.42. The zero-order chi connectivity index (χ0) is 15.3. The Hall–Kier alpha value is -0.810. The van der Waals surface area contributed by atoms with Gasteiger partial charge in [-0.1, -0.05) is 44.5 Å². The molecule has 0 aliphatic heterocycles. The van der Waals surface area contributed by atoms with Crippen LogP contribution in [0, 0.1) is 5.41 Å². The van der Waals surface area contributed by atoms with Crippen molar-refractivity contribution in [3.05, 3.63) is 34.9 Å². The van der Waals surface area contributed by atoms with Crippen molar-refractivity contribution in [2.24, 2.45) is 11.1 Å². The van der Waals surface area contributed by atoms with Gasteiger partial charge in [-0.3, -0.25) is 4.79 Å². The molecule has 1 aromatic rings. The molecule has 3 N–H and O–H groups in total. The molecule has 0 saturated heterocycles. The van der Waals surface area contributed by atoms with E-state index in [0.717, 1.165) is 5.56 Å². The number of ether oxygens (including phenoxy) is 1. The highest BCUT2D eigenvalue weighted by Gasteiger charge is 2.27. The van der Waals surface area contributed by atoms with Gasteiger partial charge in [-0.25, -0.2) is 0 Å². The van der Waals surface area contributed by atoms with Crippen LogP contribution < -0.4 is 11.1 Å². The summed E-state index contributed by atoms with van der Waals surface area (Å²) in [6, 6.07) is 6.83. The maximum atomic E-state index is 12.0. The second-order valence-corrected chi connectivity index (χ2v) is 6.30. The zero-order valence-corrected chi connectivity index (χ0v) is 14.4. The van der Waals surface area contributed by atoms with E-state index in [1.165, 1.54) is 0 Å². The molecule has 1 amide bonds. The Balaban J connectivity index is 0.00000400. The lowest BCUT2D eigenvalue weighted by Crippen LogP contribution is -2.49. The number of halogens is 2. The molecule has 0 aliphatic rings. The molecule has 1 aromatic carbocycles. The molecule has 1 rings (SSSR count). The standard InChI is InChI=1S/C15H23ClN2O2.ClH/c1-15(2,3)13(17)14(19)18-9-12(20-4)10-6-5-7-11(16)8-10;/h5-8,12-13H,9,17H2,1-4H3,(H,18,19);1H/t12?,13-;/m1./s1. The summed E-state index contributed by atoms with van der Waals surface area (Å²) < 4.78 is 5.39. The van der Waals surface area contributed by atoms with Crippen molar-refractivity contribution in [3.63, 3.8) is 0 Å². The molecule has 0 aliphatic carbocycles. The van der Waals surface area contributed by atoms with E-state index in [0.29, 0.717) is 11.6 Å². The number of carbonyl (C=O) groups excluding carboxylic acids is 1. The Morgan fingerprint density at radius 2 is 2.05 bits per heavy atom. The number of carbonyl (C=O) groups is 1. The van der Waals surface area contributed by atoms with E-state index in [1.54, 1.807) is 13.2 Å². The zero-order valence-electron chi connectivity index (χ0n) is 12.9. The van der Waals surface area contributed by atoms with Gasteiger partial charge < -0.3 is 15.8 Å². The predicted octanol–water partition coefficient (Wildman–Crippen LogP) is 2.94. The first-order valence-corrected chi connectivity index (χ1v) is 6.95. The van der Waals surface area contributed by atoms with Gasteiger partial charge in [-0.05, 0) is 23.1 Å². The van der Waals surface area contributed by atoms with Crippen molar-refractivity contribution in [3.8, 4) is 0 Å². The molecule has 120 valence electrons. The molecule has 1 unspecified atom stereocenters. The fraction of sp³-hybridized carbons (Fsp3) is 0.533. The lowest BCUT2D eigenvalue weighted by molar-refractivity contribution is -0.125. The second kappa shape index (κ2) is 8.59. The lowest BCUT2D eigenvalue weighted by atomic mass is 9.87. The lowest BCUT2D eigenvalue weighted by Gasteiger charge is -2.26. The third-order valence-electron chi connectivity index (χ3n) is 3.18. The average Bonchev–Trinajstić information content (AvgIpc) is 2.37. The molecular formula is C15H24Cl2N2O2. The summed E-state index contributed by atoms with van der Waals surface area (Å²) >= 11 is 5.96. The molecule has 2 atom stereocenters. The van der Waals surface area contributed by atoms with Crippen LogP contribution in [0.2, 0.25) is 5.02 Å². The number of methoxy groups -OCH3 is 1. The van der Waals surface area contributed by atoms with E-state index in [4.69, 9.17) is 22.1 Å². The number of rotatable bonds is 5. The second-order valence-electron chi connectivity index (χ2n) is 5.87. The Morgan fingerprint density at radius 1 is 1.43 bits per heavy atom. The minimum atomic E-state index is -0.556. The van der Waals surface area contributed by atoms with Crippen LogP contribution in [0.4, 0.5) is 0 Å². The van der Waals surface area contributed by atoms with E-state index in [9.17, 15) is 4.79 Å². The van der Waals surface area contributed by atoms with E-state index in [-0.39, 0.29) is 29.8 Å². The Bertz CT molecular complexity index is 461. The van der Waals surface area contributed by atoms with Gasteiger partial charge in [0.15, 0.2) is 0 Å². The number of amides is 1. The van der Waals surface area contributed by atoms with Gasteiger partial charge >= 0.3 is 0 Å². The quantitative estimate of drug-likeness (QED) is 0.870. The monoisotopic (exact) mass is 334 g/mol. The molecule has 0 heterocycles. The summed E-state index contributed by atoms with van der Waals surface area (Å²) in [7, 11) is 1.60. The van der Waals surface area contributed by atoms with E-state index >= 15 is 0 Å². The first-order valence-electron chi connectivity index (χ1n) is 6.57. The van der Waals surface area contributed by atoms with E-state index in [2.05, 4.69) is 5.32 Å². The van der Waals surface area contributed by atoms with E-state index < -0.39 is 6.04 Å². The fourth-order valence-corrected chi connectivity index (χ4v) is 1.94. The summed E-state index contributed by atoms with van der Waals surface area (Å²) in [5.41, 5.74) is 6.56. The van der Waals surface area contributed by atoms with Gasteiger partial charge in [0, 0.05) is 18.7 Å². The van der Waals surface area contributed by atoms with Crippen LogP contribution in [0.15, 0.2) is 24.3 Å². The summed E-state index contributed by atoms with van der Waals surface area (Å²) in [5, 5.41) is 3.47. The molecule has 0 fully saturated rings. The van der Waals surface area contributed by atoms with Crippen molar-refractivity contribution < 1.29 is 9.53 Å². The highest BCUT2D eigenvalue weighted by atomic mass is 35.5. The highest BCUT2D eigenvalue weighted by Crippen LogP contribution is 2.21. The number of hydrogen-bond donors (Lipinski definition) is 2. The van der Waals surface area contributed by atoms with Crippen LogP contribution in [-0.2, 0) is 9.53 Å². The van der Waals surface area contributed by atoms with Gasteiger partial charge in [0.25, 0.3) is 0 Å². The predicted molar refractivity (Wildman–Crippen MR) is 88.9 cm³/mol. The normalized spacial score (nSPS) is 14.0. The molecular weight excluding hydrogens is 311 g/mol. The van der Waals surface area contributed by atoms with Crippen LogP contribution >= 0.6 is 24.0 Å². The van der Waals surface area contributed by atoms with Gasteiger partial charge in [0.05, 0.1) is 12.1 Å². The van der Waals surface area contributed by atoms with Crippen LogP contribution in [0.1, 0.15) is 32.4 Å². The molecule has 0 aromatic heterocycles. The van der Waals surface area contributed by atoms with Crippen molar-refractivity contribution in [2.75, 3.05) is 13.7 Å². The van der Waals surface area contributed by atoms with Crippen LogP contribution in [0.3, 0.4) is 0 Å². The Morgan fingerprint density at radius 3 is 2.52 bits per heavy atom. The maximum absolute atomic E-state index is 12.0. The Labute approximate surface area is 137 Å². The first-order chi connectivity index (χ1) is 9.25. The fourth-order valence-electron chi connectivity index (χ4n) is 1.74. The molecule has 6 heteroatoms. The van der Waals surface area contributed by atoms with Crippen LogP contribution in [-0.4, -0.2) is 25.6 Å². The van der Waals surface area contributed by atoms with Crippen molar-refractivity contribution in [2.45, 2.75) is 32.9 Å². The van der Waals surface area contributed by atoms with Crippen LogP contribution in [0.25, 0.3) is 0 Å². The molecule has 0 saturated carbocycles. The number of nitrogens with one attached hydrogen (secondary N) is 1. The van der Waals surface area contributed by atoms with Gasteiger partial charge in [-0.2, -0.15) is 0 Å². The van der Waals surface area contributed by atoms with E-state index in [1.807, 2.05) is 39.0 Å². The first kappa shape index (κ1) is 20.2. The van der Waals surface area contributed by atoms with Crippen molar-refractivity contribution in [1.29, 1.82) is 0 Å². The van der Waals surface area contributed by atoms with Crippen molar-refractivity contribution >= 4 is 29.9 Å². The summed E-state index contributed by atoms with van der Waals surface area (Å²) in [6.45, 7) is 6.16. The number of benzene rings is 1. The molecule has 0 bridgehead atoms. The molecule has 0 radical (unpaired) electrons. The minimum Gasteiger partial charge on any atom is -0.375 e. The largest absolute Gasteiger partial charge is 0.375 e. The average molecular weight is 335 g/mol. The maximum Gasteiger partial charge on any atom is 0.237 e.